The quantitative estimate of drug-likeness (QED) is 0.548. The van der Waals surface area contributed by atoms with Crippen molar-refractivity contribution in [3.63, 3.8) is 0 Å². The lowest BCUT2D eigenvalue weighted by atomic mass is 10.1. The molecule has 142 valence electrons. The number of rotatable bonds is 4. The van der Waals surface area contributed by atoms with Gasteiger partial charge in [-0.25, -0.2) is 9.79 Å². The zero-order valence-electron chi connectivity index (χ0n) is 16.0. The zero-order valence-corrected chi connectivity index (χ0v) is 16.0. The second-order valence-corrected chi connectivity index (χ2v) is 6.47. The van der Waals surface area contributed by atoms with E-state index >= 15 is 0 Å². The summed E-state index contributed by atoms with van der Waals surface area (Å²) in [4.78, 5) is 15.5. The Morgan fingerprint density at radius 1 is 0.759 bits per heavy atom. The fourth-order valence-corrected chi connectivity index (χ4v) is 3.10. The van der Waals surface area contributed by atoms with Gasteiger partial charge in [0.2, 0.25) is 11.0 Å². The van der Waals surface area contributed by atoms with Crippen molar-refractivity contribution in [2.45, 2.75) is 0 Å². The predicted molar refractivity (Wildman–Crippen MR) is 111 cm³/mol. The lowest BCUT2D eigenvalue weighted by molar-refractivity contribution is -0.402. The Hall–Kier alpha value is -3.92. The molecule has 1 heterocycles. The van der Waals surface area contributed by atoms with E-state index in [9.17, 15) is 4.79 Å². The van der Waals surface area contributed by atoms with Gasteiger partial charge in [-0.05, 0) is 6.07 Å². The Morgan fingerprint density at radius 3 is 1.83 bits per heavy atom. The van der Waals surface area contributed by atoms with Crippen LogP contribution in [0.15, 0.2) is 101 Å². The van der Waals surface area contributed by atoms with E-state index in [4.69, 9.17) is 9.15 Å². The van der Waals surface area contributed by atoms with Crippen LogP contribution in [0.25, 0.3) is 22.6 Å². The topological polar surface area (TPSA) is 53.4 Å². The molecule has 4 aromatic rings. The van der Waals surface area contributed by atoms with Crippen molar-refractivity contribution in [1.29, 1.82) is 0 Å². The summed E-state index contributed by atoms with van der Waals surface area (Å²) in [7, 11) is 1.38. The summed E-state index contributed by atoms with van der Waals surface area (Å²) in [6, 6.07) is 30.9. The van der Waals surface area contributed by atoms with Gasteiger partial charge in [-0.2, -0.15) is 0 Å². The van der Waals surface area contributed by atoms with Gasteiger partial charge >= 0.3 is 5.97 Å². The van der Waals surface area contributed by atoms with Crippen LogP contribution in [0.2, 0.25) is 0 Å². The molecule has 29 heavy (non-hydrogen) atoms. The lowest BCUT2D eigenvalue weighted by Gasteiger charge is -2.05. The third kappa shape index (κ3) is 4.17. The van der Waals surface area contributed by atoms with Gasteiger partial charge in [0.05, 0.1) is 19.2 Å². The molecule has 0 atom stereocenters. The van der Waals surface area contributed by atoms with E-state index in [0.29, 0.717) is 11.3 Å². The normalized spacial score (nSPS) is 10.4. The highest BCUT2D eigenvalue weighted by Gasteiger charge is 2.15. The average Bonchev–Trinajstić information content (AvgIpc) is 2.80. The van der Waals surface area contributed by atoms with Gasteiger partial charge < -0.3 is 9.15 Å². The minimum atomic E-state index is -0.389. The molecule has 0 spiro atoms. The number of esters is 1. The third-order valence-electron chi connectivity index (χ3n) is 4.52. The number of hydrogen-bond acceptors (Lipinski definition) is 3. The highest BCUT2D eigenvalue weighted by molar-refractivity contribution is 5.93. The van der Waals surface area contributed by atoms with Gasteiger partial charge in [0.15, 0.2) is 0 Å². The van der Waals surface area contributed by atoms with Crippen LogP contribution >= 0.6 is 0 Å². The first-order valence-corrected chi connectivity index (χ1v) is 9.28. The van der Waals surface area contributed by atoms with Gasteiger partial charge in [-0.3, -0.25) is 0 Å². The number of carbonyl (C=O) groups is 1. The van der Waals surface area contributed by atoms with Gasteiger partial charge in [0, 0.05) is 17.2 Å². The van der Waals surface area contributed by atoms with Crippen LogP contribution in [-0.4, -0.2) is 13.1 Å². The fourth-order valence-electron chi connectivity index (χ4n) is 3.10. The monoisotopic (exact) mass is 382 g/mol. The van der Waals surface area contributed by atoms with Crippen LogP contribution in [0.4, 0.5) is 5.69 Å². The van der Waals surface area contributed by atoms with Crippen LogP contribution in [0.1, 0.15) is 10.4 Å². The van der Waals surface area contributed by atoms with E-state index in [1.165, 1.54) is 7.11 Å². The number of nitrogens with one attached hydrogen (secondary N) is 1. The number of para-hydroxylation sites is 1. The van der Waals surface area contributed by atoms with Gasteiger partial charge in [0.25, 0.3) is 0 Å². The van der Waals surface area contributed by atoms with Gasteiger partial charge in [-0.1, -0.05) is 72.8 Å². The Bertz CT molecular complexity index is 1130. The van der Waals surface area contributed by atoms with Crippen LogP contribution in [0, 0.1) is 0 Å². The molecule has 0 fully saturated rings. The number of hydrogen-bond donors (Lipinski definition) is 1. The Morgan fingerprint density at radius 2 is 1.28 bits per heavy atom. The van der Waals surface area contributed by atoms with Crippen LogP contribution < -0.4 is 10.3 Å². The van der Waals surface area contributed by atoms with E-state index < -0.39 is 0 Å². The molecule has 4 heteroatoms. The van der Waals surface area contributed by atoms with Gasteiger partial charge in [0.1, 0.15) is 17.1 Å². The van der Waals surface area contributed by atoms with E-state index in [1.807, 2.05) is 91.0 Å². The molecule has 0 unspecified atom stereocenters. The summed E-state index contributed by atoms with van der Waals surface area (Å²) in [5.74, 6) is 1.07. The molecule has 0 aliphatic carbocycles. The van der Waals surface area contributed by atoms with Crippen molar-refractivity contribution in [1.82, 2.24) is 0 Å². The SMILES string of the molecule is COC(=O)c1ccccc1[NH+]=c1cc(-c2ccccc2)oc(-c2ccccc2)c1. The Kier molecular flexibility index (Phi) is 5.34. The molecule has 1 aromatic heterocycles. The number of methoxy groups -OCH3 is 1. The standard InChI is InChI=1S/C25H19NO3/c1-28-25(27)21-14-8-9-15-22(21)26-20-16-23(18-10-4-2-5-11-18)29-24(17-20)19-12-6-3-7-13-19/h2-17H,1H3/p+1. The van der Waals surface area contributed by atoms with Crippen LogP contribution in [0.5, 0.6) is 0 Å². The van der Waals surface area contributed by atoms with E-state index in [1.54, 1.807) is 6.07 Å². The van der Waals surface area contributed by atoms with Crippen molar-refractivity contribution in [3.05, 3.63) is 108 Å². The number of benzene rings is 3. The van der Waals surface area contributed by atoms with Crippen LogP contribution in [0.3, 0.4) is 0 Å². The smallest absolute Gasteiger partial charge is 0.344 e. The molecule has 1 N–H and O–H groups in total. The zero-order chi connectivity index (χ0) is 20.1. The molecule has 0 radical (unpaired) electrons. The Labute approximate surface area is 168 Å². The van der Waals surface area contributed by atoms with Crippen molar-refractivity contribution in [2.24, 2.45) is 0 Å². The second kappa shape index (κ2) is 8.40. The first kappa shape index (κ1) is 18.4. The first-order valence-electron chi connectivity index (χ1n) is 9.28. The summed E-state index contributed by atoms with van der Waals surface area (Å²) in [5.41, 5.74) is 3.08. The average molecular weight is 382 g/mol. The molecule has 0 aliphatic rings. The molecule has 0 aliphatic heterocycles. The summed E-state index contributed by atoms with van der Waals surface area (Å²) in [6.45, 7) is 0. The molecule has 3 aromatic carbocycles. The minimum absolute atomic E-state index is 0.389. The summed E-state index contributed by atoms with van der Waals surface area (Å²) < 4.78 is 11.1. The number of ether oxygens (including phenoxy) is 1. The van der Waals surface area contributed by atoms with Crippen molar-refractivity contribution in [2.75, 3.05) is 7.11 Å². The maximum atomic E-state index is 12.1. The molecule has 4 nitrogen and oxygen atoms in total. The fraction of sp³-hybridized carbons (Fsp3) is 0.0400. The highest BCUT2D eigenvalue weighted by Crippen LogP contribution is 2.24. The largest absolute Gasteiger partial charge is 0.465 e. The van der Waals surface area contributed by atoms with Crippen LogP contribution in [-0.2, 0) is 4.74 Å². The summed E-state index contributed by atoms with van der Waals surface area (Å²) in [6.07, 6.45) is 0. The number of carbonyl (C=O) groups excluding carboxylic acids is 1. The minimum Gasteiger partial charge on any atom is -0.465 e. The first-order chi connectivity index (χ1) is 14.2. The molecule has 4 rings (SSSR count). The third-order valence-corrected chi connectivity index (χ3v) is 4.52. The molecule has 0 saturated carbocycles. The molecular formula is C25H20NO3+. The lowest BCUT2D eigenvalue weighted by Crippen LogP contribution is -2.70. The van der Waals surface area contributed by atoms with E-state index in [-0.39, 0.29) is 5.97 Å². The maximum Gasteiger partial charge on any atom is 0.344 e. The van der Waals surface area contributed by atoms with Crippen molar-refractivity contribution in [3.8, 4) is 22.6 Å². The molecule has 0 amide bonds. The Balaban J connectivity index is 1.92. The van der Waals surface area contributed by atoms with E-state index in [0.717, 1.165) is 28.0 Å². The second-order valence-electron chi connectivity index (χ2n) is 6.47. The molecule has 0 saturated heterocycles. The van der Waals surface area contributed by atoms with Crippen molar-refractivity contribution < 1.29 is 18.9 Å². The molecular weight excluding hydrogens is 362 g/mol. The maximum absolute atomic E-state index is 12.1. The highest BCUT2D eigenvalue weighted by atomic mass is 16.5. The van der Waals surface area contributed by atoms with E-state index in [2.05, 4.69) is 4.99 Å². The predicted octanol–water partition coefficient (Wildman–Crippen LogP) is 3.71. The summed E-state index contributed by atoms with van der Waals surface area (Å²) in [5, 5.41) is 0.810. The molecule has 0 bridgehead atoms. The van der Waals surface area contributed by atoms with Crippen molar-refractivity contribution >= 4 is 11.7 Å². The van der Waals surface area contributed by atoms with Gasteiger partial charge in [-0.15, -0.1) is 0 Å². The summed E-state index contributed by atoms with van der Waals surface area (Å²) >= 11 is 0.